The molecule has 7 heteroatoms. The lowest BCUT2D eigenvalue weighted by Gasteiger charge is -2.11. The zero-order valence-electron chi connectivity index (χ0n) is 13.6. The highest BCUT2D eigenvalue weighted by Crippen LogP contribution is 2.12. The number of guanidine groups is 1. The highest BCUT2D eigenvalue weighted by Gasteiger charge is 2.03. The number of methoxy groups -OCH3 is 1. The largest absolute Gasteiger partial charge is 0.497 e. The minimum Gasteiger partial charge on any atom is -0.497 e. The maximum Gasteiger partial charge on any atom is 0.191 e. The molecule has 0 spiro atoms. The molecule has 0 aliphatic heterocycles. The highest BCUT2D eigenvalue weighted by atomic mass is 127. The van der Waals surface area contributed by atoms with Gasteiger partial charge in [-0.15, -0.1) is 35.3 Å². The number of hydrogen-bond acceptors (Lipinski definition) is 4. The number of ether oxygens (including phenoxy) is 1. The molecular formula is C16H23IN4OS. The van der Waals surface area contributed by atoms with E-state index in [0.717, 1.165) is 36.1 Å². The average molecular weight is 446 g/mol. The fourth-order valence-corrected chi connectivity index (χ4v) is 2.62. The number of thiazole rings is 1. The topological polar surface area (TPSA) is 58.5 Å². The van der Waals surface area contributed by atoms with Gasteiger partial charge in [-0.25, -0.2) is 9.98 Å². The lowest BCUT2D eigenvalue weighted by atomic mass is 10.2. The van der Waals surface area contributed by atoms with Gasteiger partial charge in [0.1, 0.15) is 5.75 Å². The molecule has 0 saturated heterocycles. The van der Waals surface area contributed by atoms with Crippen LogP contribution in [0.4, 0.5) is 0 Å². The lowest BCUT2D eigenvalue weighted by molar-refractivity contribution is 0.414. The molecule has 2 N–H and O–H groups in total. The summed E-state index contributed by atoms with van der Waals surface area (Å²) in [4.78, 5) is 10.1. The van der Waals surface area contributed by atoms with Crippen LogP contribution in [0.1, 0.15) is 23.1 Å². The number of benzene rings is 1. The normalized spacial score (nSPS) is 10.8. The molecule has 0 fully saturated rings. The summed E-state index contributed by atoms with van der Waals surface area (Å²) in [6, 6.07) is 7.95. The minimum atomic E-state index is 0. The Morgan fingerprint density at radius 1 is 1.26 bits per heavy atom. The Kier molecular flexibility index (Phi) is 8.93. The van der Waals surface area contributed by atoms with E-state index >= 15 is 0 Å². The molecule has 5 nitrogen and oxygen atoms in total. The Hall–Kier alpha value is -1.35. The zero-order chi connectivity index (χ0) is 15.8. The summed E-state index contributed by atoms with van der Waals surface area (Å²) in [5.41, 5.74) is 4.09. The second-order valence-electron chi connectivity index (χ2n) is 4.76. The van der Waals surface area contributed by atoms with Crippen molar-refractivity contribution in [3.8, 4) is 5.75 Å². The van der Waals surface area contributed by atoms with Gasteiger partial charge in [-0.1, -0.05) is 12.1 Å². The molecule has 0 aliphatic carbocycles. The first-order valence-corrected chi connectivity index (χ1v) is 8.15. The van der Waals surface area contributed by atoms with E-state index in [1.807, 2.05) is 36.7 Å². The first-order valence-electron chi connectivity index (χ1n) is 7.27. The fraction of sp³-hybridized carbons (Fsp3) is 0.375. The second kappa shape index (κ2) is 10.4. The quantitative estimate of drug-likeness (QED) is 0.406. The van der Waals surface area contributed by atoms with E-state index in [9.17, 15) is 0 Å². The van der Waals surface area contributed by atoms with Crippen LogP contribution in [0.25, 0.3) is 0 Å². The van der Waals surface area contributed by atoms with Gasteiger partial charge >= 0.3 is 0 Å². The van der Waals surface area contributed by atoms with Gasteiger partial charge < -0.3 is 15.4 Å². The molecule has 0 atom stereocenters. The number of aryl methyl sites for hydroxylation is 1. The Morgan fingerprint density at radius 3 is 2.57 bits per heavy atom. The minimum absolute atomic E-state index is 0. The standard InChI is InChI=1S/C16H22N4OS.HI/c1-4-17-16(19-10-15-12(2)20-11-22-15)18-9-13-5-7-14(21-3)8-6-13;/h5-8,11H,4,9-10H2,1-3H3,(H2,17,18,19);1H. The third-order valence-corrected chi connectivity index (χ3v) is 4.12. The molecule has 1 aromatic carbocycles. The molecular weight excluding hydrogens is 423 g/mol. The monoisotopic (exact) mass is 446 g/mol. The van der Waals surface area contributed by atoms with Crippen LogP contribution in [0, 0.1) is 6.92 Å². The van der Waals surface area contributed by atoms with Crippen molar-refractivity contribution in [2.45, 2.75) is 26.9 Å². The van der Waals surface area contributed by atoms with Crippen molar-refractivity contribution in [2.24, 2.45) is 4.99 Å². The Balaban J connectivity index is 0.00000264. The molecule has 2 rings (SSSR count). The van der Waals surface area contributed by atoms with Crippen LogP contribution in [0.5, 0.6) is 5.75 Å². The van der Waals surface area contributed by atoms with Crippen molar-refractivity contribution < 1.29 is 4.74 Å². The molecule has 0 unspecified atom stereocenters. The van der Waals surface area contributed by atoms with E-state index in [0.29, 0.717) is 6.54 Å². The van der Waals surface area contributed by atoms with Crippen LogP contribution >= 0.6 is 35.3 Å². The average Bonchev–Trinajstić information content (AvgIpc) is 2.96. The van der Waals surface area contributed by atoms with E-state index in [4.69, 9.17) is 4.74 Å². The zero-order valence-corrected chi connectivity index (χ0v) is 16.8. The Labute approximate surface area is 158 Å². The van der Waals surface area contributed by atoms with Crippen LogP contribution < -0.4 is 15.4 Å². The van der Waals surface area contributed by atoms with E-state index in [1.165, 1.54) is 4.88 Å². The van der Waals surface area contributed by atoms with E-state index in [1.54, 1.807) is 18.4 Å². The van der Waals surface area contributed by atoms with Gasteiger partial charge in [0.2, 0.25) is 0 Å². The van der Waals surface area contributed by atoms with Crippen LogP contribution in [-0.4, -0.2) is 24.6 Å². The van der Waals surface area contributed by atoms with E-state index in [2.05, 4.69) is 27.5 Å². The lowest BCUT2D eigenvalue weighted by Crippen LogP contribution is -2.36. The van der Waals surface area contributed by atoms with Crippen LogP contribution in [0.15, 0.2) is 34.8 Å². The number of halogens is 1. The Bertz CT molecular complexity index is 613. The summed E-state index contributed by atoms with van der Waals surface area (Å²) in [7, 11) is 1.67. The summed E-state index contributed by atoms with van der Waals surface area (Å²) in [5, 5.41) is 6.60. The third kappa shape index (κ3) is 6.34. The maximum atomic E-state index is 5.16. The maximum absolute atomic E-state index is 5.16. The van der Waals surface area contributed by atoms with E-state index in [-0.39, 0.29) is 24.0 Å². The molecule has 0 radical (unpaired) electrons. The Morgan fingerprint density at radius 2 is 2.00 bits per heavy atom. The van der Waals surface area contributed by atoms with Crippen LogP contribution in [0.3, 0.4) is 0 Å². The molecule has 0 saturated carbocycles. The van der Waals surface area contributed by atoms with Gasteiger partial charge in [0.15, 0.2) is 5.96 Å². The molecule has 1 heterocycles. The third-order valence-electron chi connectivity index (χ3n) is 3.18. The van der Waals surface area contributed by atoms with Crippen LogP contribution in [-0.2, 0) is 13.1 Å². The van der Waals surface area contributed by atoms with Gasteiger partial charge in [0, 0.05) is 11.4 Å². The molecule has 2 aromatic rings. The van der Waals surface area contributed by atoms with Gasteiger partial charge in [-0.3, -0.25) is 0 Å². The number of hydrogen-bond donors (Lipinski definition) is 2. The molecule has 0 bridgehead atoms. The van der Waals surface area contributed by atoms with E-state index < -0.39 is 0 Å². The van der Waals surface area contributed by atoms with Gasteiger partial charge in [0.05, 0.1) is 31.4 Å². The smallest absolute Gasteiger partial charge is 0.191 e. The van der Waals surface area contributed by atoms with Gasteiger partial charge in [-0.2, -0.15) is 0 Å². The van der Waals surface area contributed by atoms with Crippen LogP contribution in [0.2, 0.25) is 0 Å². The van der Waals surface area contributed by atoms with Gasteiger partial charge in [-0.05, 0) is 31.5 Å². The number of nitrogens with one attached hydrogen (secondary N) is 2. The fourth-order valence-electron chi connectivity index (χ4n) is 1.90. The molecule has 0 amide bonds. The number of aliphatic imine (C=N–C) groups is 1. The molecule has 23 heavy (non-hydrogen) atoms. The van der Waals surface area contributed by atoms with Crippen molar-refractivity contribution in [3.63, 3.8) is 0 Å². The predicted octanol–water partition coefficient (Wildman–Crippen LogP) is 3.33. The summed E-state index contributed by atoms with van der Waals surface area (Å²) in [5.74, 6) is 1.67. The first kappa shape index (κ1) is 19.7. The summed E-state index contributed by atoms with van der Waals surface area (Å²) in [6.45, 7) is 6.28. The highest BCUT2D eigenvalue weighted by molar-refractivity contribution is 14.0. The summed E-state index contributed by atoms with van der Waals surface area (Å²) in [6.07, 6.45) is 0. The predicted molar refractivity (Wildman–Crippen MR) is 107 cm³/mol. The summed E-state index contributed by atoms with van der Waals surface area (Å²) < 4.78 is 5.16. The number of rotatable bonds is 6. The summed E-state index contributed by atoms with van der Waals surface area (Å²) >= 11 is 1.66. The first-order chi connectivity index (χ1) is 10.7. The van der Waals surface area contributed by atoms with Crippen molar-refractivity contribution in [1.29, 1.82) is 0 Å². The van der Waals surface area contributed by atoms with Gasteiger partial charge in [0.25, 0.3) is 0 Å². The van der Waals surface area contributed by atoms with Crippen molar-refractivity contribution in [2.75, 3.05) is 13.7 Å². The van der Waals surface area contributed by atoms with Crippen molar-refractivity contribution in [1.82, 2.24) is 15.6 Å². The second-order valence-corrected chi connectivity index (χ2v) is 5.70. The number of nitrogens with zero attached hydrogens (tertiary/aromatic N) is 2. The SMILES string of the molecule is CCNC(=NCc1ccc(OC)cc1)NCc1scnc1C.I. The van der Waals surface area contributed by atoms with Crippen molar-refractivity contribution >= 4 is 41.3 Å². The number of aromatic nitrogens is 1. The molecule has 1 aromatic heterocycles. The van der Waals surface area contributed by atoms with Crippen molar-refractivity contribution in [3.05, 3.63) is 45.9 Å². The molecule has 126 valence electrons. The molecule has 0 aliphatic rings.